The molecule has 0 aliphatic carbocycles. The molecule has 0 spiro atoms. The van der Waals surface area contributed by atoms with Gasteiger partial charge in [-0.15, -0.1) is 7.92 Å². The van der Waals surface area contributed by atoms with Gasteiger partial charge in [-0.3, -0.25) is 0 Å². The van der Waals surface area contributed by atoms with Gasteiger partial charge in [0.2, 0.25) is 0 Å². The molecule has 2 atom stereocenters. The summed E-state index contributed by atoms with van der Waals surface area (Å²) in [7, 11) is 0.564. The van der Waals surface area contributed by atoms with Gasteiger partial charge in [0.25, 0.3) is 0 Å². The van der Waals surface area contributed by atoms with Gasteiger partial charge in [-0.2, -0.15) is 0 Å². The molecule has 1 rings (SSSR count). The van der Waals surface area contributed by atoms with Crippen molar-refractivity contribution in [3.8, 4) is 0 Å². The van der Waals surface area contributed by atoms with Crippen LogP contribution in [0.2, 0.25) is 0 Å². The highest BCUT2D eigenvalue weighted by atomic mass is 31.1. The second-order valence-electron chi connectivity index (χ2n) is 4.00. The number of hydrogen-bond acceptors (Lipinski definition) is 0. The van der Waals surface area contributed by atoms with E-state index >= 15 is 0 Å². The first kappa shape index (κ1) is 10.5. The zero-order valence-corrected chi connectivity index (χ0v) is 9.58. The molecule has 1 saturated heterocycles. The largest absolute Gasteiger partial charge is 0.103 e. The van der Waals surface area contributed by atoms with E-state index in [1.165, 1.54) is 37.8 Å². The molecule has 0 aromatic carbocycles. The molecule has 1 aliphatic heterocycles. The summed E-state index contributed by atoms with van der Waals surface area (Å²) in [6, 6.07) is 0. The van der Waals surface area contributed by atoms with Gasteiger partial charge in [0, 0.05) is 0 Å². The normalized spacial score (nSPS) is 27.5. The van der Waals surface area contributed by atoms with Crippen molar-refractivity contribution in [1.29, 1.82) is 0 Å². The summed E-state index contributed by atoms with van der Waals surface area (Å²) >= 11 is 0. The lowest BCUT2D eigenvalue weighted by Gasteiger charge is -1.98. The third kappa shape index (κ3) is 3.90. The molecular formula is C11H23P. The monoisotopic (exact) mass is 186 g/mol. The predicted octanol–water partition coefficient (Wildman–Crippen LogP) is 4.23. The van der Waals surface area contributed by atoms with Gasteiger partial charge in [0.15, 0.2) is 0 Å². The summed E-state index contributed by atoms with van der Waals surface area (Å²) in [5.74, 6) is 0. The van der Waals surface area contributed by atoms with Crippen LogP contribution in [0.25, 0.3) is 0 Å². The fourth-order valence-corrected chi connectivity index (χ4v) is 4.56. The maximum atomic E-state index is 2.31. The Bertz CT molecular complexity index is 112. The van der Waals surface area contributed by atoms with Crippen LogP contribution in [0, 0.1) is 0 Å². The summed E-state index contributed by atoms with van der Waals surface area (Å²) in [6.07, 6.45) is 12.0. The topological polar surface area (TPSA) is 0 Å². The summed E-state index contributed by atoms with van der Waals surface area (Å²) in [5.41, 5.74) is 1.21. The predicted molar refractivity (Wildman–Crippen MR) is 59.5 cm³/mol. The summed E-state index contributed by atoms with van der Waals surface area (Å²) in [4.78, 5) is 0. The quantitative estimate of drug-likeness (QED) is 0.412. The van der Waals surface area contributed by atoms with Gasteiger partial charge in [-0.25, -0.2) is 0 Å². The highest BCUT2D eigenvalue weighted by Crippen LogP contribution is 2.61. The Morgan fingerprint density at radius 2 is 1.83 bits per heavy atom. The van der Waals surface area contributed by atoms with E-state index in [0.29, 0.717) is 7.92 Å². The molecule has 12 heavy (non-hydrogen) atoms. The number of rotatable bonds is 7. The van der Waals surface area contributed by atoms with Gasteiger partial charge in [0.1, 0.15) is 0 Å². The van der Waals surface area contributed by atoms with E-state index < -0.39 is 0 Å². The van der Waals surface area contributed by atoms with Crippen LogP contribution >= 0.6 is 7.92 Å². The fourth-order valence-electron chi connectivity index (χ4n) is 1.76. The molecule has 0 bridgehead atoms. The number of unbranched alkanes of at least 4 members (excludes halogenated alkanes) is 3. The van der Waals surface area contributed by atoms with E-state index in [4.69, 9.17) is 0 Å². The van der Waals surface area contributed by atoms with Crippen LogP contribution in [0.1, 0.15) is 52.4 Å². The average Bonchev–Trinajstić information content (AvgIpc) is 2.81. The van der Waals surface area contributed by atoms with Crippen LogP contribution in [0.3, 0.4) is 0 Å². The summed E-state index contributed by atoms with van der Waals surface area (Å²) in [6.45, 7) is 4.61. The van der Waals surface area contributed by atoms with Crippen molar-refractivity contribution in [1.82, 2.24) is 0 Å². The third-order valence-corrected chi connectivity index (χ3v) is 5.57. The van der Waals surface area contributed by atoms with Crippen LogP contribution in [0.4, 0.5) is 0 Å². The van der Waals surface area contributed by atoms with Crippen LogP contribution < -0.4 is 0 Å². The van der Waals surface area contributed by atoms with Gasteiger partial charge < -0.3 is 0 Å². The third-order valence-electron chi connectivity index (χ3n) is 2.77. The Hall–Kier alpha value is 0.430. The van der Waals surface area contributed by atoms with E-state index in [2.05, 4.69) is 13.8 Å². The zero-order chi connectivity index (χ0) is 8.81. The minimum Gasteiger partial charge on any atom is -0.103 e. The smallest absolute Gasteiger partial charge is 0.0170 e. The van der Waals surface area contributed by atoms with Gasteiger partial charge >= 0.3 is 0 Å². The number of hydrogen-bond donors (Lipinski definition) is 0. The van der Waals surface area contributed by atoms with E-state index in [0.717, 1.165) is 0 Å². The lowest BCUT2D eigenvalue weighted by molar-refractivity contribution is 0.681. The molecule has 72 valence electrons. The second-order valence-corrected chi connectivity index (χ2v) is 6.72. The van der Waals surface area contributed by atoms with Crippen molar-refractivity contribution in [3.05, 3.63) is 0 Å². The lowest BCUT2D eigenvalue weighted by atomic mass is 10.2. The molecule has 0 aromatic heterocycles. The van der Waals surface area contributed by atoms with Crippen molar-refractivity contribution in [3.63, 3.8) is 0 Å². The molecule has 0 nitrogen and oxygen atoms in total. The maximum Gasteiger partial charge on any atom is -0.0170 e. The molecule has 1 heterocycles. The first-order valence-electron chi connectivity index (χ1n) is 5.62. The standard InChI is InChI=1S/C11H23P/c1-3-5-7-8-11-10-12(11)9-6-4-2/h11H,3-10H2,1-2H3. The van der Waals surface area contributed by atoms with Gasteiger partial charge in [0.05, 0.1) is 0 Å². The van der Waals surface area contributed by atoms with E-state index in [1.807, 2.05) is 0 Å². The molecule has 0 saturated carbocycles. The lowest BCUT2D eigenvalue weighted by Crippen LogP contribution is -1.84. The Morgan fingerprint density at radius 3 is 2.50 bits per heavy atom. The molecule has 2 unspecified atom stereocenters. The molecule has 0 aromatic rings. The van der Waals surface area contributed by atoms with Crippen molar-refractivity contribution in [2.45, 2.75) is 58.0 Å². The summed E-state index contributed by atoms with van der Waals surface area (Å²) in [5, 5.41) is 0. The maximum absolute atomic E-state index is 2.31. The SMILES string of the molecule is CCCCCC1CP1CCCC. The minimum atomic E-state index is 0.564. The Labute approximate surface area is 78.9 Å². The van der Waals surface area contributed by atoms with Crippen LogP contribution in [-0.2, 0) is 0 Å². The molecule has 1 aliphatic rings. The first-order valence-corrected chi connectivity index (χ1v) is 7.40. The van der Waals surface area contributed by atoms with Crippen molar-refractivity contribution in [2.75, 3.05) is 12.3 Å². The fraction of sp³-hybridized carbons (Fsp3) is 1.00. The van der Waals surface area contributed by atoms with E-state index in [1.54, 1.807) is 18.7 Å². The Morgan fingerprint density at radius 1 is 1.08 bits per heavy atom. The average molecular weight is 186 g/mol. The highest BCUT2D eigenvalue weighted by Gasteiger charge is 2.34. The molecule has 1 heteroatoms. The highest BCUT2D eigenvalue weighted by molar-refractivity contribution is 7.66. The minimum absolute atomic E-state index is 0.564. The molecular weight excluding hydrogens is 163 g/mol. The van der Waals surface area contributed by atoms with Crippen molar-refractivity contribution >= 4 is 7.92 Å². The van der Waals surface area contributed by atoms with Crippen molar-refractivity contribution in [2.24, 2.45) is 0 Å². The Kier molecular flexibility index (Phi) is 5.23. The van der Waals surface area contributed by atoms with E-state index in [-0.39, 0.29) is 0 Å². The van der Waals surface area contributed by atoms with Crippen LogP contribution in [0.15, 0.2) is 0 Å². The molecule has 1 fully saturated rings. The van der Waals surface area contributed by atoms with Crippen LogP contribution in [-0.4, -0.2) is 18.0 Å². The second kappa shape index (κ2) is 5.97. The molecule has 0 N–H and O–H groups in total. The van der Waals surface area contributed by atoms with Gasteiger partial charge in [-0.05, 0) is 30.8 Å². The zero-order valence-electron chi connectivity index (χ0n) is 8.68. The van der Waals surface area contributed by atoms with Gasteiger partial charge in [-0.1, -0.05) is 39.5 Å². The van der Waals surface area contributed by atoms with Crippen molar-refractivity contribution < 1.29 is 0 Å². The molecule has 0 amide bonds. The summed E-state index contributed by atoms with van der Waals surface area (Å²) < 4.78 is 0. The first-order chi connectivity index (χ1) is 5.88. The van der Waals surface area contributed by atoms with E-state index in [9.17, 15) is 0 Å². The molecule has 0 radical (unpaired) electrons. The van der Waals surface area contributed by atoms with Crippen LogP contribution in [0.5, 0.6) is 0 Å². The Balaban J connectivity index is 1.86.